The van der Waals surface area contributed by atoms with Crippen LogP contribution in [0, 0.1) is 11.6 Å². The van der Waals surface area contributed by atoms with Crippen molar-refractivity contribution in [3.05, 3.63) is 21.8 Å². The molecule has 0 aliphatic carbocycles. The molecule has 0 aromatic carbocycles. The Balaban J connectivity index is 3.43. The van der Waals surface area contributed by atoms with Crippen LogP contribution in [-0.2, 0) is 0 Å². The highest BCUT2D eigenvalue weighted by Crippen LogP contribution is 2.12. The third kappa shape index (κ3) is 1.67. The van der Waals surface area contributed by atoms with Gasteiger partial charge in [0.25, 0.3) is 0 Å². The van der Waals surface area contributed by atoms with Gasteiger partial charge in [0.15, 0.2) is 0 Å². The molecule has 12 heavy (non-hydrogen) atoms. The zero-order chi connectivity index (χ0) is 9.30. The molecule has 0 radical (unpaired) electrons. The third-order valence-corrected chi connectivity index (χ3v) is 2.23. The molecule has 0 bridgehead atoms. The summed E-state index contributed by atoms with van der Waals surface area (Å²) in [6.07, 6.45) is 0. The minimum absolute atomic E-state index is 0.111. The number of hydrogen-bond donors (Lipinski definition) is 3. The number of aryl methyl sites for hydroxylation is 1. The monoisotopic (exact) mass is 201 g/mol. The summed E-state index contributed by atoms with van der Waals surface area (Å²) in [7, 11) is 0. The van der Waals surface area contributed by atoms with Gasteiger partial charge in [0.2, 0.25) is 0 Å². The minimum atomic E-state index is -1.02. The van der Waals surface area contributed by atoms with E-state index in [1.807, 2.05) is 0 Å². The standard InChI is InChI=1S/C7H7NO2S2/c1-3-2-4(7(9)10)6(12)8-5(3)11/h2H,1H3,(H,9,10)(H2,8,11,12). The van der Waals surface area contributed by atoms with Crippen LogP contribution in [0.3, 0.4) is 0 Å². The number of aromatic nitrogens is 1. The lowest BCUT2D eigenvalue weighted by Gasteiger charge is -2.00. The highest BCUT2D eigenvalue weighted by molar-refractivity contribution is 7.80. The number of rotatable bonds is 1. The van der Waals surface area contributed by atoms with Gasteiger partial charge in [0.1, 0.15) is 4.64 Å². The van der Waals surface area contributed by atoms with E-state index in [2.05, 4.69) is 17.6 Å². The van der Waals surface area contributed by atoms with Crippen molar-refractivity contribution in [2.24, 2.45) is 0 Å². The molecule has 0 spiro atoms. The van der Waals surface area contributed by atoms with E-state index in [-0.39, 0.29) is 10.2 Å². The largest absolute Gasteiger partial charge is 0.478 e. The number of nitrogens with one attached hydrogen (secondary N) is 1. The Morgan fingerprint density at radius 1 is 1.75 bits per heavy atom. The van der Waals surface area contributed by atoms with Crippen LogP contribution in [0.4, 0.5) is 0 Å². The van der Waals surface area contributed by atoms with Crippen LogP contribution in [0.5, 0.6) is 0 Å². The molecule has 1 heterocycles. The van der Waals surface area contributed by atoms with Crippen molar-refractivity contribution < 1.29 is 9.90 Å². The zero-order valence-corrected chi connectivity index (χ0v) is 8.00. The maximum atomic E-state index is 10.6. The summed E-state index contributed by atoms with van der Waals surface area (Å²) < 4.78 is 0.207. The topological polar surface area (TPSA) is 53.1 Å². The molecule has 1 aromatic rings. The Kier molecular flexibility index (Phi) is 2.54. The van der Waals surface area contributed by atoms with Gasteiger partial charge >= 0.3 is 5.97 Å². The number of aromatic amines is 1. The number of carboxylic acid groups (broad SMARTS) is 1. The number of hydrogen-bond acceptors (Lipinski definition) is 3. The van der Waals surface area contributed by atoms with Crippen LogP contribution in [0.15, 0.2) is 11.1 Å². The van der Waals surface area contributed by atoms with Gasteiger partial charge in [0, 0.05) is 0 Å². The number of carboxylic acids is 1. The second kappa shape index (κ2) is 3.28. The molecule has 0 fully saturated rings. The number of aromatic carboxylic acids is 1. The molecule has 64 valence electrons. The first-order valence-electron chi connectivity index (χ1n) is 3.18. The van der Waals surface area contributed by atoms with E-state index in [0.717, 1.165) is 5.56 Å². The van der Waals surface area contributed by atoms with Gasteiger partial charge in [-0.1, -0.05) is 12.2 Å². The van der Waals surface area contributed by atoms with Gasteiger partial charge in [-0.25, -0.2) is 4.79 Å². The Morgan fingerprint density at radius 2 is 2.33 bits per heavy atom. The molecule has 0 aliphatic heterocycles. The first-order valence-corrected chi connectivity index (χ1v) is 4.04. The quantitative estimate of drug-likeness (QED) is 0.481. The molecule has 0 saturated carbocycles. The van der Waals surface area contributed by atoms with Crippen LogP contribution in [0.1, 0.15) is 15.9 Å². The van der Waals surface area contributed by atoms with Gasteiger partial charge in [-0.3, -0.25) is 0 Å². The molecule has 2 N–H and O–H groups in total. The third-order valence-electron chi connectivity index (χ3n) is 1.44. The molecule has 0 aliphatic rings. The predicted molar refractivity (Wildman–Crippen MR) is 50.6 cm³/mol. The average Bonchev–Trinajstić information content (AvgIpc) is 1.96. The number of thiol groups is 1. The van der Waals surface area contributed by atoms with Crippen molar-refractivity contribution in [1.82, 2.24) is 4.98 Å². The van der Waals surface area contributed by atoms with Crippen molar-refractivity contribution in [1.29, 1.82) is 0 Å². The summed E-state index contributed by atoms with van der Waals surface area (Å²) in [5, 5.41) is 9.27. The summed E-state index contributed by atoms with van der Waals surface area (Å²) in [6.45, 7) is 1.76. The van der Waals surface area contributed by atoms with Gasteiger partial charge in [-0.15, -0.1) is 12.6 Å². The van der Waals surface area contributed by atoms with E-state index in [0.29, 0.717) is 5.03 Å². The highest BCUT2D eigenvalue weighted by atomic mass is 32.1. The summed E-state index contributed by atoms with van der Waals surface area (Å²) in [5.41, 5.74) is 0.879. The molecule has 1 aromatic heterocycles. The summed E-state index contributed by atoms with van der Waals surface area (Å²) in [5.74, 6) is -1.02. The lowest BCUT2D eigenvalue weighted by Crippen LogP contribution is -2.00. The highest BCUT2D eigenvalue weighted by Gasteiger charge is 2.06. The second-order valence-electron chi connectivity index (χ2n) is 2.35. The van der Waals surface area contributed by atoms with Crippen LogP contribution >= 0.6 is 24.8 Å². The Labute approximate surface area is 79.9 Å². The minimum Gasteiger partial charge on any atom is -0.478 e. The molecule has 0 unspecified atom stereocenters. The summed E-state index contributed by atoms with van der Waals surface area (Å²) in [4.78, 5) is 13.3. The van der Waals surface area contributed by atoms with E-state index >= 15 is 0 Å². The van der Waals surface area contributed by atoms with Gasteiger partial charge in [0.05, 0.1) is 10.6 Å². The smallest absolute Gasteiger partial charge is 0.338 e. The molecule has 1 rings (SSSR count). The number of H-pyrrole nitrogens is 1. The van der Waals surface area contributed by atoms with Crippen molar-refractivity contribution in [2.75, 3.05) is 0 Å². The molecule has 0 atom stereocenters. The van der Waals surface area contributed by atoms with Crippen molar-refractivity contribution in [3.63, 3.8) is 0 Å². The molecular formula is C7H7NO2S2. The molecule has 5 heteroatoms. The molecule has 0 saturated heterocycles. The fraction of sp³-hybridized carbons (Fsp3) is 0.143. The zero-order valence-electron chi connectivity index (χ0n) is 6.29. The average molecular weight is 201 g/mol. The maximum absolute atomic E-state index is 10.6. The SMILES string of the molecule is Cc1cc(C(=O)O)c(=S)[nH]c1S. The maximum Gasteiger partial charge on any atom is 0.338 e. The molecule has 0 amide bonds. The van der Waals surface area contributed by atoms with Gasteiger partial charge < -0.3 is 10.1 Å². The Bertz CT molecular complexity index is 383. The van der Waals surface area contributed by atoms with E-state index < -0.39 is 5.97 Å². The first kappa shape index (κ1) is 9.28. The lowest BCUT2D eigenvalue weighted by atomic mass is 10.2. The lowest BCUT2D eigenvalue weighted by molar-refractivity contribution is 0.0695. The van der Waals surface area contributed by atoms with Crippen LogP contribution in [-0.4, -0.2) is 16.1 Å². The van der Waals surface area contributed by atoms with E-state index in [1.165, 1.54) is 6.07 Å². The fourth-order valence-corrected chi connectivity index (χ4v) is 1.28. The number of carbonyl (C=O) groups is 1. The van der Waals surface area contributed by atoms with Crippen LogP contribution in [0.2, 0.25) is 0 Å². The predicted octanol–water partition coefficient (Wildman–Crippen LogP) is 2.04. The van der Waals surface area contributed by atoms with Crippen LogP contribution in [0.25, 0.3) is 0 Å². The van der Waals surface area contributed by atoms with Gasteiger partial charge in [-0.2, -0.15) is 0 Å². The van der Waals surface area contributed by atoms with Crippen molar-refractivity contribution in [3.8, 4) is 0 Å². The van der Waals surface area contributed by atoms with E-state index in [9.17, 15) is 4.79 Å². The molecule has 3 nitrogen and oxygen atoms in total. The number of pyridine rings is 1. The Morgan fingerprint density at radius 3 is 2.83 bits per heavy atom. The first-order chi connectivity index (χ1) is 5.52. The van der Waals surface area contributed by atoms with Gasteiger partial charge in [-0.05, 0) is 18.6 Å². The second-order valence-corrected chi connectivity index (χ2v) is 3.20. The summed E-state index contributed by atoms with van der Waals surface area (Å²) >= 11 is 8.86. The van der Waals surface area contributed by atoms with Crippen molar-refractivity contribution >= 4 is 30.8 Å². The summed E-state index contributed by atoms with van der Waals surface area (Å²) in [6, 6.07) is 1.50. The van der Waals surface area contributed by atoms with E-state index in [4.69, 9.17) is 17.3 Å². The van der Waals surface area contributed by atoms with Crippen LogP contribution < -0.4 is 0 Å². The molecular weight excluding hydrogens is 194 g/mol. The fourth-order valence-electron chi connectivity index (χ4n) is 0.783. The van der Waals surface area contributed by atoms with E-state index in [1.54, 1.807) is 6.92 Å². The Hall–Kier alpha value is -0.810. The van der Waals surface area contributed by atoms with Crippen molar-refractivity contribution in [2.45, 2.75) is 11.9 Å². The normalized spacial score (nSPS) is 9.83.